The number of hydrogen-bond donors (Lipinski definition) is 2. The molecule has 1 saturated heterocycles. The van der Waals surface area contributed by atoms with E-state index >= 15 is 0 Å². The van der Waals surface area contributed by atoms with Crippen LogP contribution < -0.4 is 15.4 Å². The van der Waals surface area contributed by atoms with Crippen molar-refractivity contribution in [2.45, 2.75) is 18.9 Å². The van der Waals surface area contributed by atoms with Crippen LogP contribution >= 0.6 is 24.0 Å². The molecule has 1 aliphatic heterocycles. The zero-order valence-corrected chi connectivity index (χ0v) is 20.6. The van der Waals surface area contributed by atoms with Crippen LogP contribution in [0.5, 0.6) is 5.75 Å². The van der Waals surface area contributed by atoms with Gasteiger partial charge in [-0.3, -0.25) is 9.89 Å². The summed E-state index contributed by atoms with van der Waals surface area (Å²) in [5.74, 6) is 1.75. The quantitative estimate of drug-likeness (QED) is 0.266. The van der Waals surface area contributed by atoms with Crippen LogP contribution in [0.1, 0.15) is 24.4 Å². The number of likely N-dealkylation sites (tertiary alicyclic amines) is 1. The highest BCUT2D eigenvalue weighted by molar-refractivity contribution is 14.0. The van der Waals surface area contributed by atoms with E-state index in [1.807, 2.05) is 13.1 Å². The average molecular weight is 519 g/mol. The fourth-order valence-electron chi connectivity index (χ4n) is 3.50. The number of guanidine groups is 1. The van der Waals surface area contributed by atoms with Crippen molar-refractivity contribution < 1.29 is 9.47 Å². The summed E-state index contributed by atoms with van der Waals surface area (Å²) in [5.41, 5.74) is 1.28. The molecule has 8 heteroatoms. The van der Waals surface area contributed by atoms with E-state index < -0.39 is 0 Å². The van der Waals surface area contributed by atoms with Crippen molar-refractivity contribution in [3.8, 4) is 5.75 Å². The van der Waals surface area contributed by atoms with E-state index in [1.165, 1.54) is 18.4 Å². The molecule has 7 nitrogen and oxygen atoms in total. The number of halogens is 1. The summed E-state index contributed by atoms with van der Waals surface area (Å²) in [5, 5.41) is 6.92. The van der Waals surface area contributed by atoms with Gasteiger partial charge in [-0.15, -0.1) is 24.0 Å². The first-order valence-corrected chi connectivity index (χ1v) is 10.2. The number of benzene rings is 1. The third kappa shape index (κ3) is 9.06. The van der Waals surface area contributed by atoms with Crippen LogP contribution in [0.2, 0.25) is 0 Å². The molecule has 1 unspecified atom stereocenters. The van der Waals surface area contributed by atoms with Gasteiger partial charge in [0.05, 0.1) is 19.8 Å². The molecule has 1 aromatic carbocycles. The summed E-state index contributed by atoms with van der Waals surface area (Å²) in [6, 6.07) is 8.71. The van der Waals surface area contributed by atoms with Crippen LogP contribution in [0.3, 0.4) is 0 Å². The highest BCUT2D eigenvalue weighted by Gasteiger charge is 2.24. The SMILES string of the molecule is CN=C(NCCN(C)CCOC)NCC(c1cccc(OC)c1)N1CCCC1.I. The van der Waals surface area contributed by atoms with Crippen molar-refractivity contribution in [3.05, 3.63) is 29.8 Å². The number of nitrogens with one attached hydrogen (secondary N) is 2. The van der Waals surface area contributed by atoms with Gasteiger partial charge in [-0.05, 0) is 50.7 Å². The Kier molecular flexibility index (Phi) is 13.2. The lowest BCUT2D eigenvalue weighted by Gasteiger charge is -2.29. The second-order valence-electron chi connectivity index (χ2n) is 7.21. The molecule has 0 bridgehead atoms. The van der Waals surface area contributed by atoms with Crippen molar-refractivity contribution in [2.24, 2.45) is 4.99 Å². The van der Waals surface area contributed by atoms with Gasteiger partial charge in [-0.2, -0.15) is 0 Å². The van der Waals surface area contributed by atoms with Gasteiger partial charge < -0.3 is 25.0 Å². The van der Waals surface area contributed by atoms with Crippen LogP contribution in [0, 0.1) is 0 Å². The highest BCUT2D eigenvalue weighted by Crippen LogP contribution is 2.27. The van der Waals surface area contributed by atoms with E-state index in [1.54, 1.807) is 14.2 Å². The lowest BCUT2D eigenvalue weighted by Crippen LogP contribution is -2.44. The van der Waals surface area contributed by atoms with Gasteiger partial charge in [-0.1, -0.05) is 12.1 Å². The molecule has 0 aliphatic carbocycles. The molecule has 0 saturated carbocycles. The van der Waals surface area contributed by atoms with Crippen LogP contribution in [0.4, 0.5) is 0 Å². The molecular weight excluding hydrogens is 481 g/mol. The Balaban J connectivity index is 0.00000420. The maximum atomic E-state index is 5.43. The lowest BCUT2D eigenvalue weighted by molar-refractivity contribution is 0.162. The summed E-state index contributed by atoms with van der Waals surface area (Å²) in [4.78, 5) is 9.17. The fourth-order valence-corrected chi connectivity index (χ4v) is 3.50. The number of ether oxygens (including phenoxy) is 2. The molecule has 1 heterocycles. The fraction of sp³-hybridized carbons (Fsp3) is 0.667. The van der Waals surface area contributed by atoms with Gasteiger partial charge in [0.25, 0.3) is 0 Å². The number of likely N-dealkylation sites (N-methyl/N-ethyl adjacent to an activating group) is 1. The molecule has 166 valence electrons. The van der Waals surface area contributed by atoms with Gasteiger partial charge in [0.2, 0.25) is 0 Å². The minimum Gasteiger partial charge on any atom is -0.497 e. The van der Waals surface area contributed by atoms with Crippen molar-refractivity contribution in [1.29, 1.82) is 0 Å². The summed E-state index contributed by atoms with van der Waals surface area (Å²) < 4.78 is 10.6. The Morgan fingerprint density at radius 3 is 2.62 bits per heavy atom. The summed E-state index contributed by atoms with van der Waals surface area (Å²) in [7, 11) is 7.37. The van der Waals surface area contributed by atoms with Gasteiger partial charge in [0.15, 0.2) is 5.96 Å². The van der Waals surface area contributed by atoms with Crippen molar-refractivity contribution in [2.75, 3.05) is 74.2 Å². The molecule has 1 atom stereocenters. The van der Waals surface area contributed by atoms with E-state index in [0.29, 0.717) is 6.04 Å². The number of rotatable bonds is 11. The summed E-state index contributed by atoms with van der Waals surface area (Å²) in [6.07, 6.45) is 2.53. The Morgan fingerprint density at radius 1 is 1.21 bits per heavy atom. The number of aliphatic imine (C=N–C) groups is 1. The molecule has 29 heavy (non-hydrogen) atoms. The molecule has 1 aromatic rings. The molecule has 0 spiro atoms. The summed E-state index contributed by atoms with van der Waals surface area (Å²) >= 11 is 0. The standard InChI is InChI=1S/C21H37N5O2.HI/c1-22-21(23-10-13-25(2)14-15-27-3)24-17-20(26-11-5-6-12-26)18-8-7-9-19(16-18)28-4;/h7-9,16,20H,5-6,10-15,17H2,1-4H3,(H2,22,23,24);1H. The maximum absolute atomic E-state index is 5.43. The predicted molar refractivity (Wildman–Crippen MR) is 131 cm³/mol. The molecule has 0 radical (unpaired) electrons. The maximum Gasteiger partial charge on any atom is 0.191 e. The number of hydrogen-bond acceptors (Lipinski definition) is 5. The zero-order valence-electron chi connectivity index (χ0n) is 18.3. The van der Waals surface area contributed by atoms with E-state index in [4.69, 9.17) is 9.47 Å². The van der Waals surface area contributed by atoms with E-state index in [-0.39, 0.29) is 24.0 Å². The van der Waals surface area contributed by atoms with Gasteiger partial charge in [0, 0.05) is 40.3 Å². The first kappa shape index (κ1) is 25.9. The second kappa shape index (κ2) is 14.8. The number of methoxy groups -OCH3 is 2. The molecule has 2 rings (SSSR count). The Bertz CT molecular complexity index is 596. The monoisotopic (exact) mass is 519 g/mol. The second-order valence-corrected chi connectivity index (χ2v) is 7.21. The zero-order chi connectivity index (χ0) is 20.2. The van der Waals surface area contributed by atoms with Crippen LogP contribution in [-0.4, -0.2) is 89.9 Å². The third-order valence-electron chi connectivity index (χ3n) is 5.21. The molecule has 1 fully saturated rings. The lowest BCUT2D eigenvalue weighted by atomic mass is 10.1. The normalized spacial score (nSPS) is 15.8. The summed E-state index contributed by atoms with van der Waals surface area (Å²) in [6.45, 7) is 6.55. The topological polar surface area (TPSA) is 61.4 Å². The first-order chi connectivity index (χ1) is 13.7. The molecule has 1 aliphatic rings. The minimum absolute atomic E-state index is 0. The molecule has 0 amide bonds. The predicted octanol–water partition coefficient (Wildman–Crippen LogP) is 2.19. The molecule has 0 aromatic heterocycles. The van der Waals surface area contributed by atoms with E-state index in [0.717, 1.165) is 57.6 Å². The largest absolute Gasteiger partial charge is 0.497 e. The third-order valence-corrected chi connectivity index (χ3v) is 5.21. The van der Waals surface area contributed by atoms with Crippen LogP contribution in [0.25, 0.3) is 0 Å². The van der Waals surface area contributed by atoms with Crippen LogP contribution in [-0.2, 0) is 4.74 Å². The van der Waals surface area contributed by atoms with Gasteiger partial charge in [0.1, 0.15) is 5.75 Å². The molecular formula is C21H38IN5O2. The smallest absolute Gasteiger partial charge is 0.191 e. The van der Waals surface area contributed by atoms with Gasteiger partial charge in [-0.25, -0.2) is 0 Å². The van der Waals surface area contributed by atoms with Crippen molar-refractivity contribution in [3.63, 3.8) is 0 Å². The van der Waals surface area contributed by atoms with Crippen molar-refractivity contribution in [1.82, 2.24) is 20.4 Å². The van der Waals surface area contributed by atoms with E-state index in [2.05, 4.69) is 50.7 Å². The van der Waals surface area contributed by atoms with Crippen LogP contribution in [0.15, 0.2) is 29.3 Å². The van der Waals surface area contributed by atoms with Crippen molar-refractivity contribution >= 4 is 29.9 Å². The number of nitrogens with zero attached hydrogens (tertiary/aromatic N) is 3. The van der Waals surface area contributed by atoms with Gasteiger partial charge >= 0.3 is 0 Å². The Morgan fingerprint density at radius 2 is 1.97 bits per heavy atom. The minimum atomic E-state index is 0. The first-order valence-electron chi connectivity index (χ1n) is 10.2. The van der Waals surface area contributed by atoms with E-state index in [9.17, 15) is 0 Å². The Labute approximate surface area is 193 Å². The Hall–Kier alpha value is -1.10. The molecule has 2 N–H and O–H groups in total. The highest BCUT2D eigenvalue weighted by atomic mass is 127. The average Bonchev–Trinajstić information content (AvgIpc) is 3.25.